The van der Waals surface area contributed by atoms with Gasteiger partial charge in [-0.25, -0.2) is 9.37 Å². The molecule has 5 aromatic rings. The van der Waals surface area contributed by atoms with Crippen molar-refractivity contribution in [2.45, 2.75) is 25.6 Å². The SMILES string of the molecule is C[C@H]1Cc2cc(-c3cc(Cl)ccc3-n3cnnn3)cc(=O)n2[C@@H]1c1ncc(-c2ccc(N)c(C(F)(F)F)c2F)[nH]1. The van der Waals surface area contributed by atoms with Crippen LogP contribution in [0.4, 0.5) is 23.2 Å². The summed E-state index contributed by atoms with van der Waals surface area (Å²) in [5, 5.41) is 11.7. The van der Waals surface area contributed by atoms with E-state index in [0.717, 1.165) is 17.8 Å². The molecule has 4 heterocycles. The number of aromatic amines is 1. The Morgan fingerprint density at radius 1 is 1.12 bits per heavy atom. The second kappa shape index (κ2) is 9.30. The van der Waals surface area contributed by atoms with E-state index in [1.807, 2.05) is 13.0 Å². The molecule has 1 aliphatic rings. The summed E-state index contributed by atoms with van der Waals surface area (Å²) in [6.07, 6.45) is -1.77. The molecule has 40 heavy (non-hydrogen) atoms. The number of nitrogens with zero attached hydrogens (tertiary/aromatic N) is 6. The molecule has 0 saturated carbocycles. The van der Waals surface area contributed by atoms with E-state index in [-0.39, 0.29) is 22.7 Å². The van der Waals surface area contributed by atoms with Crippen LogP contribution in [0.5, 0.6) is 0 Å². The van der Waals surface area contributed by atoms with E-state index in [1.54, 1.807) is 22.8 Å². The first kappa shape index (κ1) is 25.7. The summed E-state index contributed by atoms with van der Waals surface area (Å²) in [6, 6.07) is 10.1. The summed E-state index contributed by atoms with van der Waals surface area (Å²) in [6.45, 7) is 1.93. The van der Waals surface area contributed by atoms with Gasteiger partial charge in [-0.2, -0.15) is 17.9 Å². The zero-order chi connectivity index (χ0) is 28.3. The van der Waals surface area contributed by atoms with Crippen LogP contribution in [0.2, 0.25) is 5.02 Å². The molecule has 0 aliphatic carbocycles. The molecular weight excluding hydrogens is 552 g/mol. The van der Waals surface area contributed by atoms with Gasteiger partial charge in [-0.1, -0.05) is 18.5 Å². The zero-order valence-electron chi connectivity index (χ0n) is 20.6. The quantitative estimate of drug-likeness (QED) is 0.230. The number of hydrogen-bond donors (Lipinski definition) is 2. The third-order valence-corrected chi connectivity index (χ3v) is 7.22. The van der Waals surface area contributed by atoms with E-state index in [2.05, 4.69) is 25.5 Å². The molecule has 0 bridgehead atoms. The van der Waals surface area contributed by atoms with E-state index in [9.17, 15) is 22.4 Å². The Kier molecular flexibility index (Phi) is 5.98. The number of halogens is 5. The van der Waals surface area contributed by atoms with E-state index in [0.29, 0.717) is 34.1 Å². The molecule has 0 amide bonds. The van der Waals surface area contributed by atoms with Gasteiger partial charge in [0.1, 0.15) is 23.5 Å². The van der Waals surface area contributed by atoms with Crippen LogP contribution < -0.4 is 11.3 Å². The highest BCUT2D eigenvalue weighted by Crippen LogP contribution is 2.41. The molecule has 204 valence electrons. The standard InChI is InChI=1S/C26H19ClF4N8O/c1-12-6-15-7-13(17-9-14(27)2-5-20(17)38-11-34-36-37-38)8-21(40)39(15)24(12)25-33-10-19(35-25)16-3-4-18(32)22(23(16)28)26(29,30)31/h2-5,7-12,24H,6,32H2,1H3,(H,33,35)/t12-,24-/m0/s1. The summed E-state index contributed by atoms with van der Waals surface area (Å²) in [5.74, 6) is -1.29. The number of benzene rings is 2. The lowest BCUT2D eigenvalue weighted by molar-refractivity contribution is -0.139. The highest BCUT2D eigenvalue weighted by atomic mass is 35.5. The molecule has 0 saturated heterocycles. The second-order valence-electron chi connectivity index (χ2n) is 9.56. The number of fused-ring (bicyclic) bond motifs is 1. The van der Waals surface area contributed by atoms with Gasteiger partial charge in [-0.05, 0) is 64.7 Å². The molecule has 0 spiro atoms. The predicted molar refractivity (Wildman–Crippen MR) is 138 cm³/mol. The number of anilines is 1. The van der Waals surface area contributed by atoms with Crippen molar-refractivity contribution < 1.29 is 17.6 Å². The minimum atomic E-state index is -4.97. The van der Waals surface area contributed by atoms with Gasteiger partial charge in [-0.15, -0.1) is 5.10 Å². The first-order valence-corrected chi connectivity index (χ1v) is 12.4. The Balaban J connectivity index is 1.41. The van der Waals surface area contributed by atoms with Crippen LogP contribution in [0.1, 0.15) is 30.0 Å². The lowest BCUT2D eigenvalue weighted by Crippen LogP contribution is -2.25. The molecule has 2 atom stereocenters. The Bertz CT molecular complexity index is 1810. The number of alkyl halides is 3. The number of pyridine rings is 1. The Morgan fingerprint density at radius 3 is 2.65 bits per heavy atom. The Hall–Kier alpha value is -4.52. The van der Waals surface area contributed by atoms with Gasteiger partial charge in [0.25, 0.3) is 5.56 Å². The maximum atomic E-state index is 14.9. The van der Waals surface area contributed by atoms with Gasteiger partial charge in [-0.3, -0.25) is 4.79 Å². The van der Waals surface area contributed by atoms with Gasteiger partial charge in [0.2, 0.25) is 0 Å². The van der Waals surface area contributed by atoms with Gasteiger partial charge < -0.3 is 15.3 Å². The van der Waals surface area contributed by atoms with Gasteiger partial charge in [0, 0.05) is 33.6 Å². The lowest BCUT2D eigenvalue weighted by atomic mass is 10.00. The lowest BCUT2D eigenvalue weighted by Gasteiger charge is -2.17. The van der Waals surface area contributed by atoms with Crippen LogP contribution in [0.3, 0.4) is 0 Å². The number of H-pyrrole nitrogens is 1. The number of rotatable bonds is 4. The van der Waals surface area contributed by atoms with Crippen molar-refractivity contribution in [3.63, 3.8) is 0 Å². The number of nitrogens with one attached hydrogen (secondary N) is 1. The topological polar surface area (TPSA) is 120 Å². The third-order valence-electron chi connectivity index (χ3n) is 6.99. The van der Waals surface area contributed by atoms with Gasteiger partial charge in [0.05, 0.1) is 23.6 Å². The summed E-state index contributed by atoms with van der Waals surface area (Å²) < 4.78 is 58.2. The normalized spacial score (nSPS) is 16.9. The fraction of sp³-hybridized carbons (Fsp3) is 0.192. The average molecular weight is 571 g/mol. The molecule has 3 N–H and O–H groups in total. The molecule has 6 rings (SSSR count). The molecular formula is C26H19ClF4N8O. The molecule has 0 unspecified atom stereocenters. The number of nitrogen functional groups attached to an aromatic ring is 1. The van der Waals surface area contributed by atoms with Crippen molar-refractivity contribution in [1.82, 2.24) is 34.7 Å². The monoisotopic (exact) mass is 570 g/mol. The molecule has 1 aliphatic heterocycles. The van der Waals surface area contributed by atoms with Crippen LogP contribution in [0.25, 0.3) is 28.1 Å². The van der Waals surface area contributed by atoms with Crippen LogP contribution >= 0.6 is 11.6 Å². The average Bonchev–Trinajstić information content (AvgIpc) is 3.63. The maximum absolute atomic E-state index is 14.9. The Morgan fingerprint density at radius 2 is 1.93 bits per heavy atom. The zero-order valence-corrected chi connectivity index (χ0v) is 21.4. The van der Waals surface area contributed by atoms with Crippen molar-refractivity contribution in [3.8, 4) is 28.1 Å². The fourth-order valence-electron chi connectivity index (χ4n) is 5.27. The number of aromatic nitrogens is 7. The smallest absolute Gasteiger partial charge is 0.398 e. The van der Waals surface area contributed by atoms with Crippen molar-refractivity contribution in [1.29, 1.82) is 0 Å². The van der Waals surface area contributed by atoms with E-state index in [1.165, 1.54) is 23.3 Å². The van der Waals surface area contributed by atoms with Crippen LogP contribution in [0, 0.1) is 11.7 Å². The highest BCUT2D eigenvalue weighted by Gasteiger charge is 2.38. The van der Waals surface area contributed by atoms with Gasteiger partial charge in [0.15, 0.2) is 0 Å². The minimum absolute atomic E-state index is 0.0355. The molecule has 0 radical (unpaired) electrons. The maximum Gasteiger partial charge on any atom is 0.421 e. The van der Waals surface area contributed by atoms with Crippen LogP contribution in [0.15, 0.2) is 59.8 Å². The summed E-state index contributed by atoms with van der Waals surface area (Å²) in [5.41, 5.74) is 5.15. The van der Waals surface area contributed by atoms with Crippen molar-refractivity contribution in [2.75, 3.05) is 5.73 Å². The van der Waals surface area contributed by atoms with E-state index >= 15 is 0 Å². The van der Waals surface area contributed by atoms with E-state index < -0.39 is 29.3 Å². The molecule has 9 nitrogen and oxygen atoms in total. The first-order chi connectivity index (χ1) is 19.0. The highest BCUT2D eigenvalue weighted by molar-refractivity contribution is 6.31. The molecule has 0 fully saturated rings. The number of hydrogen-bond acceptors (Lipinski definition) is 6. The predicted octanol–water partition coefficient (Wildman–Crippen LogP) is 5.06. The third kappa shape index (κ3) is 4.22. The van der Waals surface area contributed by atoms with Crippen LogP contribution in [-0.2, 0) is 12.6 Å². The number of tetrazole rings is 1. The molecule has 14 heteroatoms. The second-order valence-corrected chi connectivity index (χ2v) is 9.99. The summed E-state index contributed by atoms with van der Waals surface area (Å²) in [7, 11) is 0. The minimum Gasteiger partial charge on any atom is -0.398 e. The van der Waals surface area contributed by atoms with Crippen molar-refractivity contribution in [2.24, 2.45) is 5.92 Å². The molecule has 2 aromatic carbocycles. The van der Waals surface area contributed by atoms with Crippen molar-refractivity contribution in [3.05, 3.63) is 93.3 Å². The summed E-state index contributed by atoms with van der Waals surface area (Å²) in [4.78, 5) is 20.7. The Labute approximate surface area is 228 Å². The van der Waals surface area contributed by atoms with Gasteiger partial charge >= 0.3 is 6.18 Å². The van der Waals surface area contributed by atoms with Crippen LogP contribution in [-0.4, -0.2) is 34.7 Å². The number of imidazole rings is 1. The first-order valence-electron chi connectivity index (χ1n) is 12.0. The fourth-order valence-corrected chi connectivity index (χ4v) is 5.45. The summed E-state index contributed by atoms with van der Waals surface area (Å²) >= 11 is 6.27. The van der Waals surface area contributed by atoms with E-state index in [4.69, 9.17) is 17.3 Å². The number of nitrogens with two attached hydrogens (primary N) is 1. The largest absolute Gasteiger partial charge is 0.421 e. The van der Waals surface area contributed by atoms with Crippen molar-refractivity contribution >= 4 is 17.3 Å². The molecule has 3 aromatic heterocycles.